The van der Waals surface area contributed by atoms with Crippen molar-refractivity contribution in [3.63, 3.8) is 0 Å². The zero-order valence-electron chi connectivity index (χ0n) is 11.8. The van der Waals surface area contributed by atoms with E-state index in [1.165, 1.54) is 10.9 Å². The van der Waals surface area contributed by atoms with E-state index in [-0.39, 0.29) is 12.1 Å². The highest BCUT2D eigenvalue weighted by Gasteiger charge is 2.25. The van der Waals surface area contributed by atoms with Gasteiger partial charge in [-0.1, -0.05) is 23.4 Å². The van der Waals surface area contributed by atoms with E-state index < -0.39 is 17.4 Å². The number of rotatable bonds is 5. The van der Waals surface area contributed by atoms with E-state index in [0.29, 0.717) is 0 Å². The van der Waals surface area contributed by atoms with E-state index in [9.17, 15) is 9.59 Å². The third kappa shape index (κ3) is 3.88. The molecule has 1 aromatic carbocycles. The highest BCUT2D eigenvalue weighted by atomic mass is 16.4. The number of hydrogen-bond acceptors (Lipinski definition) is 4. The smallest absolute Gasteiger partial charge is 0.305 e. The molecule has 2 N–H and O–H groups in total. The average Bonchev–Trinajstić information content (AvgIpc) is 2.87. The first-order valence-corrected chi connectivity index (χ1v) is 6.39. The minimum absolute atomic E-state index is 0.136. The molecular formula is C14H16N4O3. The van der Waals surface area contributed by atoms with Gasteiger partial charge >= 0.3 is 5.97 Å². The van der Waals surface area contributed by atoms with Crippen molar-refractivity contribution in [3.8, 4) is 5.69 Å². The van der Waals surface area contributed by atoms with Crippen LogP contribution in [0.3, 0.4) is 0 Å². The summed E-state index contributed by atoms with van der Waals surface area (Å²) in [6.07, 6.45) is 1.33. The first-order valence-electron chi connectivity index (χ1n) is 6.39. The maximum Gasteiger partial charge on any atom is 0.305 e. The number of carbonyl (C=O) groups is 2. The molecule has 0 atom stereocenters. The third-order valence-electron chi connectivity index (χ3n) is 2.79. The van der Waals surface area contributed by atoms with Crippen LogP contribution >= 0.6 is 0 Å². The molecule has 110 valence electrons. The maximum atomic E-state index is 12.1. The molecule has 7 nitrogen and oxygen atoms in total. The molecule has 2 aromatic rings. The second-order valence-electron chi connectivity index (χ2n) is 5.29. The number of para-hydroxylation sites is 1. The number of nitrogens with one attached hydrogen (secondary N) is 1. The van der Waals surface area contributed by atoms with Crippen molar-refractivity contribution in [1.29, 1.82) is 0 Å². The fraction of sp³-hybridized carbons (Fsp3) is 0.286. The van der Waals surface area contributed by atoms with E-state index >= 15 is 0 Å². The van der Waals surface area contributed by atoms with Crippen LogP contribution in [-0.4, -0.2) is 37.5 Å². The van der Waals surface area contributed by atoms with E-state index in [1.54, 1.807) is 13.8 Å². The molecule has 0 radical (unpaired) electrons. The van der Waals surface area contributed by atoms with Crippen LogP contribution in [0.15, 0.2) is 36.5 Å². The van der Waals surface area contributed by atoms with Crippen LogP contribution in [0.25, 0.3) is 5.69 Å². The molecule has 0 saturated carbocycles. The Balaban J connectivity index is 2.11. The van der Waals surface area contributed by atoms with Crippen molar-refractivity contribution in [1.82, 2.24) is 20.3 Å². The zero-order valence-corrected chi connectivity index (χ0v) is 11.8. The Morgan fingerprint density at radius 1 is 1.29 bits per heavy atom. The number of carboxylic acids is 1. The quantitative estimate of drug-likeness (QED) is 0.863. The van der Waals surface area contributed by atoms with Crippen LogP contribution in [-0.2, 0) is 4.79 Å². The molecule has 0 unspecified atom stereocenters. The summed E-state index contributed by atoms with van der Waals surface area (Å²) in [5.74, 6) is -1.43. The van der Waals surface area contributed by atoms with Crippen LogP contribution in [0.5, 0.6) is 0 Å². The van der Waals surface area contributed by atoms with Crippen LogP contribution in [0.1, 0.15) is 30.8 Å². The van der Waals surface area contributed by atoms with Gasteiger partial charge in [0.05, 0.1) is 18.3 Å². The normalized spacial score (nSPS) is 11.1. The van der Waals surface area contributed by atoms with Gasteiger partial charge in [0, 0.05) is 5.54 Å². The van der Waals surface area contributed by atoms with Gasteiger partial charge in [0.1, 0.15) is 0 Å². The van der Waals surface area contributed by atoms with E-state index in [2.05, 4.69) is 15.6 Å². The molecule has 1 aromatic heterocycles. The molecule has 2 rings (SSSR count). The zero-order chi connectivity index (χ0) is 15.5. The van der Waals surface area contributed by atoms with Gasteiger partial charge in [-0.2, -0.15) is 0 Å². The monoisotopic (exact) mass is 288 g/mol. The van der Waals surface area contributed by atoms with Gasteiger partial charge in [0.25, 0.3) is 5.91 Å². The highest BCUT2D eigenvalue weighted by molar-refractivity contribution is 5.92. The van der Waals surface area contributed by atoms with Gasteiger partial charge in [0.15, 0.2) is 5.69 Å². The van der Waals surface area contributed by atoms with Gasteiger partial charge in [-0.15, -0.1) is 5.10 Å². The number of aliphatic carboxylic acids is 1. The SMILES string of the molecule is CC(C)(CC(=O)O)NC(=O)c1cn(-c2ccccc2)nn1. The van der Waals surface area contributed by atoms with Crippen LogP contribution < -0.4 is 5.32 Å². The van der Waals surface area contributed by atoms with Crippen molar-refractivity contribution in [2.75, 3.05) is 0 Å². The summed E-state index contributed by atoms with van der Waals surface area (Å²) in [5, 5.41) is 19.1. The molecule has 21 heavy (non-hydrogen) atoms. The molecule has 7 heteroatoms. The lowest BCUT2D eigenvalue weighted by Crippen LogP contribution is -2.45. The number of carboxylic acid groups (broad SMARTS) is 1. The summed E-state index contributed by atoms with van der Waals surface area (Å²) in [4.78, 5) is 22.8. The molecule has 0 aliphatic heterocycles. The molecule has 0 saturated heterocycles. The number of carbonyl (C=O) groups excluding carboxylic acids is 1. The molecule has 0 bridgehead atoms. The standard InChI is InChI=1S/C14H16N4O3/c1-14(2,8-12(19)20)15-13(21)11-9-18(17-16-11)10-6-4-3-5-7-10/h3-7,9H,8H2,1-2H3,(H,15,21)(H,19,20). The molecule has 1 amide bonds. The maximum absolute atomic E-state index is 12.1. The van der Waals surface area contributed by atoms with Crippen molar-refractivity contribution in [2.45, 2.75) is 25.8 Å². The number of hydrogen-bond donors (Lipinski definition) is 2. The van der Waals surface area contributed by atoms with Gasteiger partial charge in [-0.3, -0.25) is 9.59 Å². The van der Waals surface area contributed by atoms with E-state index in [1.807, 2.05) is 30.3 Å². The molecule has 0 fully saturated rings. The van der Waals surface area contributed by atoms with Crippen LogP contribution in [0, 0.1) is 0 Å². The highest BCUT2D eigenvalue weighted by Crippen LogP contribution is 2.10. The lowest BCUT2D eigenvalue weighted by molar-refractivity contribution is -0.138. The Kier molecular flexibility index (Phi) is 4.02. The van der Waals surface area contributed by atoms with Crippen molar-refractivity contribution in [3.05, 3.63) is 42.2 Å². The first kappa shape index (κ1) is 14.7. The molecule has 0 aliphatic carbocycles. The number of aromatic nitrogens is 3. The Bertz CT molecular complexity index is 649. The summed E-state index contributed by atoms with van der Waals surface area (Å²) < 4.78 is 1.49. The van der Waals surface area contributed by atoms with Crippen LogP contribution in [0.4, 0.5) is 0 Å². The summed E-state index contributed by atoms with van der Waals surface area (Å²) in [6.45, 7) is 3.28. The predicted octanol–water partition coefficient (Wildman–Crippen LogP) is 1.25. The molecule has 0 spiro atoms. The average molecular weight is 288 g/mol. The molecular weight excluding hydrogens is 272 g/mol. The lowest BCUT2D eigenvalue weighted by Gasteiger charge is -2.23. The Hall–Kier alpha value is -2.70. The topological polar surface area (TPSA) is 97.1 Å². The minimum Gasteiger partial charge on any atom is -0.481 e. The van der Waals surface area contributed by atoms with Crippen molar-refractivity contribution < 1.29 is 14.7 Å². The minimum atomic E-state index is -0.978. The van der Waals surface area contributed by atoms with E-state index in [0.717, 1.165) is 5.69 Å². The van der Waals surface area contributed by atoms with Crippen molar-refractivity contribution >= 4 is 11.9 Å². The van der Waals surface area contributed by atoms with Gasteiger partial charge in [-0.25, -0.2) is 4.68 Å². The van der Waals surface area contributed by atoms with E-state index in [4.69, 9.17) is 5.11 Å². The Morgan fingerprint density at radius 3 is 2.57 bits per heavy atom. The van der Waals surface area contributed by atoms with Gasteiger partial charge < -0.3 is 10.4 Å². The molecule has 0 aliphatic rings. The third-order valence-corrected chi connectivity index (χ3v) is 2.79. The predicted molar refractivity (Wildman–Crippen MR) is 75.2 cm³/mol. The fourth-order valence-electron chi connectivity index (χ4n) is 1.87. The Labute approximate surface area is 121 Å². The number of nitrogens with zero attached hydrogens (tertiary/aromatic N) is 3. The second-order valence-corrected chi connectivity index (χ2v) is 5.29. The van der Waals surface area contributed by atoms with Gasteiger partial charge in [0.2, 0.25) is 0 Å². The lowest BCUT2D eigenvalue weighted by atomic mass is 10.0. The second kappa shape index (κ2) is 5.74. The van der Waals surface area contributed by atoms with Crippen molar-refractivity contribution in [2.24, 2.45) is 0 Å². The van der Waals surface area contributed by atoms with Gasteiger partial charge in [-0.05, 0) is 26.0 Å². The number of amides is 1. The number of benzene rings is 1. The fourth-order valence-corrected chi connectivity index (χ4v) is 1.87. The molecule has 1 heterocycles. The first-order chi connectivity index (χ1) is 9.87. The largest absolute Gasteiger partial charge is 0.481 e. The van der Waals surface area contributed by atoms with Crippen LogP contribution in [0.2, 0.25) is 0 Å². The summed E-state index contributed by atoms with van der Waals surface area (Å²) in [5.41, 5.74) is 0.0607. The summed E-state index contributed by atoms with van der Waals surface area (Å²) in [7, 11) is 0. The Morgan fingerprint density at radius 2 is 1.95 bits per heavy atom. The summed E-state index contributed by atoms with van der Waals surface area (Å²) >= 11 is 0. The summed E-state index contributed by atoms with van der Waals surface area (Å²) in [6, 6.07) is 9.26.